The highest BCUT2D eigenvalue weighted by Gasteiger charge is 2.23. The molecule has 2 fully saturated rings. The van der Waals surface area contributed by atoms with Gasteiger partial charge >= 0.3 is 0 Å². The number of hydrogen-bond donors (Lipinski definition) is 2. The van der Waals surface area contributed by atoms with Crippen LogP contribution in [-0.2, 0) is 0 Å². The molecule has 1 aliphatic carbocycles. The van der Waals surface area contributed by atoms with Crippen LogP contribution in [-0.4, -0.2) is 24.7 Å². The van der Waals surface area contributed by atoms with Crippen molar-refractivity contribution in [2.75, 3.05) is 6.54 Å². The maximum absolute atomic E-state index is 3.85. The Morgan fingerprint density at radius 2 is 1.79 bits per heavy atom. The largest absolute Gasteiger partial charge is 0.313 e. The van der Waals surface area contributed by atoms with Crippen LogP contribution in [0.2, 0.25) is 0 Å². The van der Waals surface area contributed by atoms with Crippen molar-refractivity contribution in [1.29, 1.82) is 0 Å². The summed E-state index contributed by atoms with van der Waals surface area (Å²) in [5.74, 6) is 0. The maximum Gasteiger partial charge on any atom is 0.0221 e. The van der Waals surface area contributed by atoms with Gasteiger partial charge in [0, 0.05) is 18.1 Å². The van der Waals surface area contributed by atoms with E-state index in [0.29, 0.717) is 6.04 Å². The Balaban J connectivity index is 1.76. The van der Waals surface area contributed by atoms with E-state index < -0.39 is 0 Å². The molecule has 2 unspecified atom stereocenters. The van der Waals surface area contributed by atoms with Crippen LogP contribution < -0.4 is 10.6 Å². The van der Waals surface area contributed by atoms with E-state index in [9.17, 15) is 0 Å². The summed E-state index contributed by atoms with van der Waals surface area (Å²) in [5, 5.41) is 7.40. The lowest BCUT2D eigenvalue weighted by atomic mass is 9.92. The van der Waals surface area contributed by atoms with Gasteiger partial charge in [0.15, 0.2) is 0 Å². The standard InChI is InChI=1S/C12H24N2/c1-10-12(8-5-9-13-10)14-11-6-3-2-4-7-11/h10-14H,2-9H2,1H3. The first kappa shape index (κ1) is 10.4. The predicted molar refractivity (Wildman–Crippen MR) is 60.5 cm³/mol. The van der Waals surface area contributed by atoms with Gasteiger partial charge in [0.05, 0.1) is 0 Å². The number of piperidine rings is 1. The quantitative estimate of drug-likeness (QED) is 0.706. The van der Waals surface area contributed by atoms with Crippen molar-refractivity contribution in [1.82, 2.24) is 10.6 Å². The normalized spacial score (nSPS) is 35.8. The first-order valence-corrected chi connectivity index (χ1v) is 6.36. The average molecular weight is 196 g/mol. The number of rotatable bonds is 2. The Kier molecular flexibility index (Phi) is 3.82. The smallest absolute Gasteiger partial charge is 0.0221 e. The molecule has 1 heterocycles. The van der Waals surface area contributed by atoms with Crippen molar-refractivity contribution in [3.05, 3.63) is 0 Å². The maximum atomic E-state index is 3.85. The Hall–Kier alpha value is -0.0800. The Morgan fingerprint density at radius 1 is 1.00 bits per heavy atom. The van der Waals surface area contributed by atoms with Gasteiger partial charge in [-0.15, -0.1) is 0 Å². The van der Waals surface area contributed by atoms with E-state index in [4.69, 9.17) is 0 Å². The molecule has 2 atom stereocenters. The van der Waals surface area contributed by atoms with Gasteiger partial charge < -0.3 is 10.6 Å². The Morgan fingerprint density at radius 3 is 2.50 bits per heavy atom. The Bertz CT molecular complexity index is 164. The third-order valence-corrected chi connectivity index (χ3v) is 3.82. The summed E-state index contributed by atoms with van der Waals surface area (Å²) in [7, 11) is 0. The molecular weight excluding hydrogens is 172 g/mol. The van der Waals surface area contributed by atoms with Gasteiger partial charge in [0.25, 0.3) is 0 Å². The van der Waals surface area contributed by atoms with Crippen molar-refractivity contribution in [3.8, 4) is 0 Å². The molecule has 2 heteroatoms. The summed E-state index contributed by atoms with van der Waals surface area (Å²) in [6.07, 6.45) is 9.85. The minimum atomic E-state index is 0.672. The third-order valence-electron chi connectivity index (χ3n) is 3.82. The van der Waals surface area contributed by atoms with E-state index in [1.54, 1.807) is 0 Å². The summed E-state index contributed by atoms with van der Waals surface area (Å²) in [4.78, 5) is 0. The molecule has 1 aliphatic heterocycles. The molecule has 2 nitrogen and oxygen atoms in total. The van der Waals surface area contributed by atoms with Gasteiger partial charge in [-0.2, -0.15) is 0 Å². The molecule has 82 valence electrons. The van der Waals surface area contributed by atoms with E-state index in [-0.39, 0.29) is 0 Å². The lowest BCUT2D eigenvalue weighted by Gasteiger charge is -2.35. The van der Waals surface area contributed by atoms with Crippen molar-refractivity contribution in [2.45, 2.75) is 70.0 Å². The molecule has 1 saturated carbocycles. The predicted octanol–water partition coefficient (Wildman–Crippen LogP) is 2.05. The molecule has 0 aromatic heterocycles. The fraction of sp³-hybridized carbons (Fsp3) is 1.00. The summed E-state index contributed by atoms with van der Waals surface area (Å²) in [6, 6.07) is 2.22. The Labute approximate surface area is 87.8 Å². The van der Waals surface area contributed by atoms with Gasteiger partial charge in [-0.25, -0.2) is 0 Å². The molecule has 2 rings (SSSR count). The fourth-order valence-electron chi connectivity index (χ4n) is 2.84. The molecule has 0 aromatic rings. The summed E-state index contributed by atoms with van der Waals surface area (Å²) in [6.45, 7) is 3.53. The van der Waals surface area contributed by atoms with E-state index in [1.165, 1.54) is 51.5 Å². The van der Waals surface area contributed by atoms with Gasteiger partial charge in [-0.05, 0) is 39.2 Å². The van der Waals surface area contributed by atoms with Crippen molar-refractivity contribution in [2.24, 2.45) is 0 Å². The molecular formula is C12H24N2. The fourth-order valence-corrected chi connectivity index (χ4v) is 2.84. The zero-order valence-corrected chi connectivity index (χ0v) is 9.39. The van der Waals surface area contributed by atoms with Gasteiger partial charge in [-0.3, -0.25) is 0 Å². The van der Waals surface area contributed by atoms with Crippen LogP contribution in [0.5, 0.6) is 0 Å². The van der Waals surface area contributed by atoms with E-state index >= 15 is 0 Å². The first-order chi connectivity index (χ1) is 6.86. The van der Waals surface area contributed by atoms with E-state index in [0.717, 1.165) is 12.1 Å². The summed E-state index contributed by atoms with van der Waals surface area (Å²) in [5.41, 5.74) is 0. The summed E-state index contributed by atoms with van der Waals surface area (Å²) < 4.78 is 0. The molecule has 0 aromatic carbocycles. The number of nitrogens with one attached hydrogen (secondary N) is 2. The highest BCUT2D eigenvalue weighted by Crippen LogP contribution is 2.19. The van der Waals surface area contributed by atoms with Crippen molar-refractivity contribution in [3.63, 3.8) is 0 Å². The molecule has 2 aliphatic rings. The molecule has 1 saturated heterocycles. The van der Waals surface area contributed by atoms with Crippen molar-refractivity contribution >= 4 is 0 Å². The molecule has 0 spiro atoms. The molecule has 0 radical (unpaired) electrons. The topological polar surface area (TPSA) is 24.1 Å². The summed E-state index contributed by atoms with van der Waals surface area (Å²) >= 11 is 0. The molecule has 0 amide bonds. The highest BCUT2D eigenvalue weighted by molar-refractivity contribution is 4.86. The second kappa shape index (κ2) is 5.13. The van der Waals surface area contributed by atoms with Crippen LogP contribution >= 0.6 is 0 Å². The zero-order valence-electron chi connectivity index (χ0n) is 9.39. The monoisotopic (exact) mass is 196 g/mol. The average Bonchev–Trinajstić information content (AvgIpc) is 2.23. The lowest BCUT2D eigenvalue weighted by Crippen LogP contribution is -2.53. The van der Waals surface area contributed by atoms with E-state index in [1.807, 2.05) is 0 Å². The second-order valence-electron chi connectivity index (χ2n) is 4.99. The van der Waals surface area contributed by atoms with Crippen molar-refractivity contribution < 1.29 is 0 Å². The highest BCUT2D eigenvalue weighted by atomic mass is 15.0. The SMILES string of the molecule is CC1NCCCC1NC1CCCCC1. The first-order valence-electron chi connectivity index (χ1n) is 6.36. The minimum Gasteiger partial charge on any atom is -0.313 e. The van der Waals surface area contributed by atoms with Crippen LogP contribution in [0.4, 0.5) is 0 Å². The lowest BCUT2D eigenvalue weighted by molar-refractivity contribution is 0.261. The van der Waals surface area contributed by atoms with Gasteiger partial charge in [-0.1, -0.05) is 19.3 Å². The van der Waals surface area contributed by atoms with Crippen LogP contribution in [0.15, 0.2) is 0 Å². The molecule has 2 N–H and O–H groups in total. The zero-order chi connectivity index (χ0) is 9.80. The molecule has 14 heavy (non-hydrogen) atoms. The van der Waals surface area contributed by atoms with Crippen LogP contribution in [0.25, 0.3) is 0 Å². The minimum absolute atomic E-state index is 0.672. The van der Waals surface area contributed by atoms with Crippen LogP contribution in [0.1, 0.15) is 51.9 Å². The van der Waals surface area contributed by atoms with Crippen LogP contribution in [0.3, 0.4) is 0 Å². The molecule has 0 bridgehead atoms. The van der Waals surface area contributed by atoms with Gasteiger partial charge in [0.2, 0.25) is 0 Å². The van der Waals surface area contributed by atoms with E-state index in [2.05, 4.69) is 17.6 Å². The number of hydrogen-bond acceptors (Lipinski definition) is 2. The second-order valence-corrected chi connectivity index (χ2v) is 4.99. The van der Waals surface area contributed by atoms with Crippen LogP contribution in [0, 0.1) is 0 Å². The van der Waals surface area contributed by atoms with Gasteiger partial charge in [0.1, 0.15) is 0 Å². The third kappa shape index (κ3) is 2.71.